The van der Waals surface area contributed by atoms with E-state index in [2.05, 4.69) is 33.4 Å². The number of urea groups is 1. The Labute approximate surface area is 165 Å². The van der Waals surface area contributed by atoms with Gasteiger partial charge < -0.3 is 10.2 Å². The first-order valence-electron chi connectivity index (χ1n) is 9.51. The Hall–Kier alpha value is -3.34. The molecule has 1 aromatic heterocycles. The van der Waals surface area contributed by atoms with Crippen LogP contribution in [0.2, 0.25) is 0 Å². The van der Waals surface area contributed by atoms with Gasteiger partial charge in [0.25, 0.3) is 0 Å². The Morgan fingerprint density at radius 3 is 2.64 bits per heavy atom. The third-order valence-corrected chi connectivity index (χ3v) is 5.03. The molecular weight excluding hydrogens is 348 g/mol. The Bertz CT molecular complexity index is 987. The molecule has 0 fully saturated rings. The predicted octanol–water partition coefficient (Wildman–Crippen LogP) is 4.76. The van der Waals surface area contributed by atoms with Crippen LogP contribution in [0.4, 0.5) is 22.0 Å². The van der Waals surface area contributed by atoms with Gasteiger partial charge in [-0.05, 0) is 43.2 Å². The van der Waals surface area contributed by atoms with Crippen LogP contribution in [0.25, 0.3) is 0 Å². The molecule has 0 spiro atoms. The first-order chi connectivity index (χ1) is 13.6. The summed E-state index contributed by atoms with van der Waals surface area (Å²) in [6, 6.07) is 20.1. The third-order valence-electron chi connectivity index (χ3n) is 5.03. The molecule has 0 bridgehead atoms. The molecule has 0 atom stereocenters. The molecule has 0 radical (unpaired) electrons. The van der Waals surface area contributed by atoms with E-state index in [0.29, 0.717) is 6.54 Å². The molecule has 1 aliphatic heterocycles. The number of benzene rings is 2. The number of rotatable bonds is 3. The van der Waals surface area contributed by atoms with Crippen molar-refractivity contribution in [3.05, 3.63) is 83.6 Å². The fourth-order valence-electron chi connectivity index (χ4n) is 3.60. The molecular formula is C23H24N4O. The summed E-state index contributed by atoms with van der Waals surface area (Å²) < 4.78 is 0. The molecule has 0 aliphatic carbocycles. The maximum atomic E-state index is 13.0. The third kappa shape index (κ3) is 3.69. The highest BCUT2D eigenvalue weighted by Gasteiger charge is 2.28. The number of nitrogens with zero attached hydrogens (tertiary/aromatic N) is 3. The van der Waals surface area contributed by atoms with Gasteiger partial charge in [0.1, 0.15) is 0 Å². The van der Waals surface area contributed by atoms with Crippen molar-refractivity contribution in [3.63, 3.8) is 0 Å². The van der Waals surface area contributed by atoms with Gasteiger partial charge >= 0.3 is 6.03 Å². The fourth-order valence-corrected chi connectivity index (χ4v) is 3.60. The first kappa shape index (κ1) is 18.0. The topological polar surface area (TPSA) is 48.5 Å². The van der Waals surface area contributed by atoms with Crippen LogP contribution >= 0.6 is 0 Å². The zero-order valence-corrected chi connectivity index (χ0v) is 16.2. The van der Waals surface area contributed by atoms with Crippen LogP contribution in [0.5, 0.6) is 0 Å². The van der Waals surface area contributed by atoms with Crippen molar-refractivity contribution in [2.75, 3.05) is 28.2 Å². The molecule has 5 nitrogen and oxygen atoms in total. The second kappa shape index (κ2) is 7.72. The van der Waals surface area contributed by atoms with Gasteiger partial charge in [-0.3, -0.25) is 4.90 Å². The minimum atomic E-state index is -0.124. The van der Waals surface area contributed by atoms with Gasteiger partial charge in [0.15, 0.2) is 5.82 Å². The van der Waals surface area contributed by atoms with Gasteiger partial charge in [-0.15, -0.1) is 0 Å². The Morgan fingerprint density at radius 2 is 1.86 bits per heavy atom. The van der Waals surface area contributed by atoms with Gasteiger partial charge in [0.05, 0.1) is 5.69 Å². The smallest absolute Gasteiger partial charge is 0.326 e. The van der Waals surface area contributed by atoms with Crippen molar-refractivity contribution < 1.29 is 4.79 Å². The Balaban J connectivity index is 1.56. The summed E-state index contributed by atoms with van der Waals surface area (Å²) in [5.74, 6) is 0.841. The molecule has 5 heteroatoms. The van der Waals surface area contributed by atoms with Crippen molar-refractivity contribution in [1.29, 1.82) is 0 Å². The van der Waals surface area contributed by atoms with E-state index in [1.807, 2.05) is 56.3 Å². The number of carbonyl (C=O) groups is 1. The van der Waals surface area contributed by atoms with Crippen LogP contribution in [0.3, 0.4) is 0 Å². The van der Waals surface area contributed by atoms with Crippen LogP contribution in [-0.4, -0.2) is 24.1 Å². The second-order valence-electron chi connectivity index (χ2n) is 7.15. The minimum absolute atomic E-state index is 0.124. The molecule has 1 aliphatic rings. The summed E-state index contributed by atoms with van der Waals surface area (Å²) in [4.78, 5) is 21.6. The van der Waals surface area contributed by atoms with Crippen LogP contribution in [0, 0.1) is 13.8 Å². The van der Waals surface area contributed by atoms with Gasteiger partial charge in [-0.2, -0.15) is 0 Å². The predicted molar refractivity (Wildman–Crippen MR) is 114 cm³/mol. The molecule has 0 unspecified atom stereocenters. The lowest BCUT2D eigenvalue weighted by Gasteiger charge is -2.36. The molecule has 3 aromatic rings. The lowest BCUT2D eigenvalue weighted by atomic mass is 10.1. The van der Waals surface area contributed by atoms with Crippen molar-refractivity contribution >= 4 is 23.2 Å². The molecule has 1 N–H and O–H groups in total. The van der Waals surface area contributed by atoms with E-state index >= 15 is 0 Å². The van der Waals surface area contributed by atoms with Crippen molar-refractivity contribution in [2.45, 2.75) is 20.4 Å². The highest BCUT2D eigenvalue weighted by Crippen LogP contribution is 2.32. The minimum Gasteiger partial charge on any atom is -0.349 e. The second-order valence-corrected chi connectivity index (χ2v) is 7.15. The normalized spacial score (nSPS) is 13.2. The number of fused-ring (bicyclic) bond motifs is 1. The molecule has 2 amide bonds. The van der Waals surface area contributed by atoms with Gasteiger partial charge in [0, 0.05) is 31.5 Å². The summed E-state index contributed by atoms with van der Waals surface area (Å²) >= 11 is 0. The van der Waals surface area contributed by atoms with E-state index in [1.165, 1.54) is 11.1 Å². The van der Waals surface area contributed by atoms with Gasteiger partial charge in [0.2, 0.25) is 0 Å². The van der Waals surface area contributed by atoms with Crippen molar-refractivity contribution in [2.24, 2.45) is 0 Å². The van der Waals surface area contributed by atoms with Crippen LogP contribution in [0.1, 0.15) is 16.7 Å². The number of anilines is 3. The van der Waals surface area contributed by atoms with E-state index in [9.17, 15) is 4.79 Å². The van der Waals surface area contributed by atoms with E-state index in [4.69, 9.17) is 0 Å². The zero-order chi connectivity index (χ0) is 19.5. The number of aromatic nitrogens is 1. The van der Waals surface area contributed by atoms with E-state index in [-0.39, 0.29) is 6.03 Å². The van der Waals surface area contributed by atoms with Crippen LogP contribution in [0.15, 0.2) is 66.9 Å². The van der Waals surface area contributed by atoms with E-state index in [0.717, 1.165) is 35.8 Å². The number of hydrogen-bond acceptors (Lipinski definition) is 3. The number of carbonyl (C=O) groups excluding carboxylic acids is 1. The zero-order valence-electron chi connectivity index (χ0n) is 16.2. The summed E-state index contributed by atoms with van der Waals surface area (Å²) in [7, 11) is 0. The summed E-state index contributed by atoms with van der Waals surface area (Å²) in [6.07, 6.45) is 1.78. The SMILES string of the molecule is Cc1ccc(NC(=O)N2CCN(Cc3ccccc3)c3ncccc32)c(C)c1. The van der Waals surface area contributed by atoms with Crippen molar-refractivity contribution in [1.82, 2.24) is 4.98 Å². The summed E-state index contributed by atoms with van der Waals surface area (Å²) in [5, 5.41) is 3.05. The molecule has 28 heavy (non-hydrogen) atoms. The summed E-state index contributed by atoms with van der Waals surface area (Å²) in [6.45, 7) is 6.18. The monoisotopic (exact) mass is 372 g/mol. The van der Waals surface area contributed by atoms with Gasteiger partial charge in [-0.1, -0.05) is 48.0 Å². The van der Waals surface area contributed by atoms with Crippen LogP contribution < -0.4 is 15.1 Å². The average molecular weight is 372 g/mol. The molecule has 2 heterocycles. The number of nitrogens with one attached hydrogen (secondary N) is 1. The van der Waals surface area contributed by atoms with Crippen LogP contribution in [-0.2, 0) is 6.54 Å². The highest BCUT2D eigenvalue weighted by molar-refractivity contribution is 6.04. The Morgan fingerprint density at radius 1 is 1.04 bits per heavy atom. The van der Waals surface area contributed by atoms with Crippen molar-refractivity contribution in [3.8, 4) is 0 Å². The molecule has 0 saturated heterocycles. The molecule has 142 valence electrons. The lowest BCUT2D eigenvalue weighted by molar-refractivity contribution is 0.256. The fraction of sp³-hybridized carbons (Fsp3) is 0.217. The van der Waals surface area contributed by atoms with E-state index < -0.39 is 0 Å². The standard InChI is InChI=1S/C23H24N4O/c1-17-10-11-20(18(2)15-17)25-23(28)27-14-13-26(16-19-7-4-3-5-8-19)22-21(27)9-6-12-24-22/h3-12,15H,13-14,16H2,1-2H3,(H,25,28). The van der Waals surface area contributed by atoms with E-state index in [1.54, 1.807) is 11.1 Å². The molecule has 4 rings (SSSR count). The largest absolute Gasteiger partial charge is 0.349 e. The first-order valence-corrected chi connectivity index (χ1v) is 9.51. The molecule has 0 saturated carbocycles. The highest BCUT2D eigenvalue weighted by atomic mass is 16.2. The molecule has 2 aromatic carbocycles. The number of hydrogen-bond donors (Lipinski definition) is 1. The lowest BCUT2D eigenvalue weighted by Crippen LogP contribution is -2.46. The van der Waals surface area contributed by atoms with Gasteiger partial charge in [-0.25, -0.2) is 9.78 Å². The summed E-state index contributed by atoms with van der Waals surface area (Å²) in [5.41, 5.74) is 5.15. The quantitative estimate of drug-likeness (QED) is 0.721. The number of aryl methyl sites for hydroxylation is 2. The average Bonchev–Trinajstić information content (AvgIpc) is 2.71. The maximum Gasteiger partial charge on any atom is 0.326 e. The number of pyridine rings is 1. The maximum absolute atomic E-state index is 13.0. The Kier molecular flexibility index (Phi) is 4.98. The number of amides is 2.